The van der Waals surface area contributed by atoms with Gasteiger partial charge in [0.25, 0.3) is 0 Å². The highest BCUT2D eigenvalue weighted by atomic mass is 16.2. The molecule has 1 aliphatic rings. The molecule has 2 heterocycles. The van der Waals surface area contributed by atoms with E-state index in [0.717, 1.165) is 23.4 Å². The van der Waals surface area contributed by atoms with Crippen molar-refractivity contribution in [3.05, 3.63) is 53.6 Å². The second-order valence-corrected chi connectivity index (χ2v) is 5.35. The summed E-state index contributed by atoms with van der Waals surface area (Å²) < 4.78 is 0. The van der Waals surface area contributed by atoms with Crippen LogP contribution < -0.4 is 10.6 Å². The Morgan fingerprint density at radius 2 is 2.24 bits per heavy atom. The fraction of sp³-hybridized carbons (Fsp3) is 0.375. The highest BCUT2D eigenvalue weighted by Gasteiger charge is 2.27. The molecule has 3 rings (SSSR count). The van der Waals surface area contributed by atoms with E-state index in [4.69, 9.17) is 0 Å². The van der Waals surface area contributed by atoms with E-state index >= 15 is 0 Å². The van der Waals surface area contributed by atoms with Crippen LogP contribution in [0.25, 0.3) is 0 Å². The molecular weight excluding hydrogens is 264 g/mol. The molecule has 0 saturated heterocycles. The minimum atomic E-state index is -0.210. The topological polar surface area (TPSA) is 69.8 Å². The van der Waals surface area contributed by atoms with Gasteiger partial charge >= 0.3 is 0 Å². The Morgan fingerprint density at radius 1 is 1.43 bits per heavy atom. The molecule has 1 aromatic carbocycles. The number of carbonyl (C=O) groups is 1. The van der Waals surface area contributed by atoms with Crippen molar-refractivity contribution in [2.24, 2.45) is 0 Å². The summed E-state index contributed by atoms with van der Waals surface area (Å²) in [6.07, 6.45) is 3.19. The third-order valence-corrected chi connectivity index (χ3v) is 3.97. The monoisotopic (exact) mass is 284 g/mol. The van der Waals surface area contributed by atoms with Crippen molar-refractivity contribution in [2.45, 2.75) is 38.4 Å². The predicted molar refractivity (Wildman–Crippen MR) is 80.5 cm³/mol. The van der Waals surface area contributed by atoms with Crippen LogP contribution in [0.1, 0.15) is 36.3 Å². The first-order valence-corrected chi connectivity index (χ1v) is 7.37. The van der Waals surface area contributed by atoms with E-state index in [1.54, 1.807) is 6.33 Å². The Hall–Kier alpha value is -2.14. The lowest BCUT2D eigenvalue weighted by atomic mass is 10.0. The number of fused-ring (bicyclic) bond motifs is 1. The maximum absolute atomic E-state index is 12.5. The van der Waals surface area contributed by atoms with Gasteiger partial charge in [0, 0.05) is 13.0 Å². The van der Waals surface area contributed by atoms with Crippen LogP contribution in [0.2, 0.25) is 0 Å². The third-order valence-electron chi connectivity index (χ3n) is 3.97. The van der Waals surface area contributed by atoms with Gasteiger partial charge in [-0.15, -0.1) is 0 Å². The number of imidazole rings is 1. The summed E-state index contributed by atoms with van der Waals surface area (Å²) in [5.74, 6) is 0.0411. The molecule has 5 nitrogen and oxygen atoms in total. The maximum atomic E-state index is 12.5. The smallest absolute Gasteiger partial charge is 0.238 e. The molecule has 2 unspecified atom stereocenters. The van der Waals surface area contributed by atoms with Crippen molar-refractivity contribution in [3.8, 4) is 0 Å². The number of carbonyl (C=O) groups excluding carboxylic acids is 1. The summed E-state index contributed by atoms with van der Waals surface area (Å²) >= 11 is 0. The second-order valence-electron chi connectivity index (χ2n) is 5.35. The van der Waals surface area contributed by atoms with Crippen LogP contribution in [-0.4, -0.2) is 21.9 Å². The van der Waals surface area contributed by atoms with Gasteiger partial charge in [-0.1, -0.05) is 37.3 Å². The minimum Gasteiger partial charge on any atom is -0.348 e. The van der Waals surface area contributed by atoms with Crippen molar-refractivity contribution in [1.82, 2.24) is 20.6 Å². The van der Waals surface area contributed by atoms with Crippen molar-refractivity contribution in [1.29, 1.82) is 0 Å². The van der Waals surface area contributed by atoms with E-state index in [9.17, 15) is 4.79 Å². The lowest BCUT2D eigenvalue weighted by Gasteiger charge is -2.25. The predicted octanol–water partition coefficient (Wildman–Crippen LogP) is 1.69. The Balaban J connectivity index is 1.66. The standard InChI is InChI=1S/C16H20N4O/c1-2-12(11-6-4-3-5-7-11)20-16(21)14-8-13-15(9-17-14)19-10-18-13/h3-7,10,12,14,17H,2,8-9H2,1H3,(H,18,19)(H,20,21). The number of aromatic amines is 1. The highest BCUT2D eigenvalue weighted by Crippen LogP contribution is 2.17. The van der Waals surface area contributed by atoms with Gasteiger partial charge in [0.2, 0.25) is 5.91 Å². The van der Waals surface area contributed by atoms with Gasteiger partial charge in [-0.2, -0.15) is 0 Å². The van der Waals surface area contributed by atoms with Gasteiger partial charge in [0.05, 0.1) is 29.8 Å². The first kappa shape index (κ1) is 13.8. The Bertz CT molecular complexity index is 608. The SMILES string of the molecule is CCC(NC(=O)C1Cc2nc[nH]c2CN1)c1ccccc1. The molecule has 21 heavy (non-hydrogen) atoms. The number of hydrogen-bond acceptors (Lipinski definition) is 3. The average Bonchev–Trinajstić information content (AvgIpc) is 3.00. The van der Waals surface area contributed by atoms with E-state index in [-0.39, 0.29) is 18.0 Å². The fourth-order valence-corrected chi connectivity index (χ4v) is 2.73. The summed E-state index contributed by atoms with van der Waals surface area (Å²) in [7, 11) is 0. The summed E-state index contributed by atoms with van der Waals surface area (Å²) in [6, 6.07) is 9.93. The molecule has 1 aromatic heterocycles. The number of benzene rings is 1. The minimum absolute atomic E-state index is 0.0411. The fourth-order valence-electron chi connectivity index (χ4n) is 2.73. The molecule has 0 radical (unpaired) electrons. The summed E-state index contributed by atoms with van der Waals surface area (Å²) in [5.41, 5.74) is 3.21. The molecule has 2 aromatic rings. The van der Waals surface area contributed by atoms with Gasteiger partial charge < -0.3 is 10.3 Å². The van der Waals surface area contributed by atoms with E-state index in [2.05, 4.69) is 39.7 Å². The molecular formula is C16H20N4O. The van der Waals surface area contributed by atoms with Gasteiger partial charge in [0.1, 0.15) is 0 Å². The Kier molecular flexibility index (Phi) is 4.01. The summed E-state index contributed by atoms with van der Waals surface area (Å²) in [5, 5.41) is 6.40. The van der Waals surface area contributed by atoms with E-state index in [1.807, 2.05) is 18.2 Å². The number of H-pyrrole nitrogens is 1. The van der Waals surface area contributed by atoms with Gasteiger partial charge in [0.15, 0.2) is 0 Å². The van der Waals surface area contributed by atoms with Crippen LogP contribution in [0.4, 0.5) is 0 Å². The zero-order valence-electron chi connectivity index (χ0n) is 12.1. The summed E-state index contributed by atoms with van der Waals surface area (Å²) in [4.78, 5) is 19.8. The number of rotatable bonds is 4. The molecule has 3 N–H and O–H groups in total. The lowest BCUT2D eigenvalue weighted by molar-refractivity contribution is -0.124. The molecule has 1 amide bonds. The lowest BCUT2D eigenvalue weighted by Crippen LogP contribution is -2.48. The van der Waals surface area contributed by atoms with E-state index < -0.39 is 0 Å². The molecule has 0 bridgehead atoms. The molecule has 110 valence electrons. The second kappa shape index (κ2) is 6.10. The van der Waals surface area contributed by atoms with Crippen molar-refractivity contribution >= 4 is 5.91 Å². The van der Waals surface area contributed by atoms with E-state index in [1.165, 1.54) is 0 Å². The van der Waals surface area contributed by atoms with Crippen LogP contribution in [-0.2, 0) is 17.8 Å². The van der Waals surface area contributed by atoms with Gasteiger partial charge in [-0.05, 0) is 12.0 Å². The Labute approximate surface area is 124 Å². The van der Waals surface area contributed by atoms with Crippen LogP contribution >= 0.6 is 0 Å². The number of amides is 1. The zero-order chi connectivity index (χ0) is 14.7. The molecule has 2 atom stereocenters. The van der Waals surface area contributed by atoms with Crippen LogP contribution in [0.5, 0.6) is 0 Å². The number of aromatic nitrogens is 2. The van der Waals surface area contributed by atoms with Crippen LogP contribution in [0, 0.1) is 0 Å². The molecule has 5 heteroatoms. The first-order chi connectivity index (χ1) is 10.3. The quantitative estimate of drug-likeness (QED) is 0.800. The molecule has 1 aliphatic heterocycles. The van der Waals surface area contributed by atoms with Crippen LogP contribution in [0.3, 0.4) is 0 Å². The largest absolute Gasteiger partial charge is 0.348 e. The van der Waals surface area contributed by atoms with E-state index in [0.29, 0.717) is 13.0 Å². The molecule has 0 saturated carbocycles. The number of nitrogens with zero attached hydrogens (tertiary/aromatic N) is 1. The normalized spacial score (nSPS) is 18.8. The number of hydrogen-bond donors (Lipinski definition) is 3. The Morgan fingerprint density at radius 3 is 3.00 bits per heavy atom. The number of nitrogens with one attached hydrogen (secondary N) is 3. The molecule has 0 fully saturated rings. The molecule has 0 aliphatic carbocycles. The summed E-state index contributed by atoms with van der Waals surface area (Å²) in [6.45, 7) is 2.74. The molecule has 0 spiro atoms. The average molecular weight is 284 g/mol. The third kappa shape index (κ3) is 2.97. The van der Waals surface area contributed by atoms with Crippen LogP contribution in [0.15, 0.2) is 36.7 Å². The van der Waals surface area contributed by atoms with Crippen molar-refractivity contribution < 1.29 is 4.79 Å². The zero-order valence-corrected chi connectivity index (χ0v) is 12.1. The van der Waals surface area contributed by atoms with Gasteiger partial charge in [-0.25, -0.2) is 4.98 Å². The maximum Gasteiger partial charge on any atom is 0.238 e. The first-order valence-electron chi connectivity index (χ1n) is 7.37. The van der Waals surface area contributed by atoms with Gasteiger partial charge in [-0.3, -0.25) is 10.1 Å². The highest BCUT2D eigenvalue weighted by molar-refractivity contribution is 5.82. The van der Waals surface area contributed by atoms with Crippen molar-refractivity contribution in [3.63, 3.8) is 0 Å². The van der Waals surface area contributed by atoms with Crippen molar-refractivity contribution in [2.75, 3.05) is 0 Å².